The topological polar surface area (TPSA) is 80.5 Å². The Balaban J connectivity index is 1.95. The van der Waals surface area contributed by atoms with Gasteiger partial charge in [0.05, 0.1) is 11.0 Å². The molecule has 0 radical (unpaired) electrons. The number of rotatable bonds is 2. The summed E-state index contributed by atoms with van der Waals surface area (Å²) in [6, 6.07) is 3.73. The van der Waals surface area contributed by atoms with Crippen LogP contribution in [0.5, 0.6) is 0 Å². The van der Waals surface area contributed by atoms with Crippen LogP contribution in [0.1, 0.15) is 19.7 Å². The Morgan fingerprint density at radius 2 is 2.15 bits per heavy atom. The molecule has 108 valence electrons. The normalized spacial score (nSPS) is 22.3. The summed E-state index contributed by atoms with van der Waals surface area (Å²) in [7, 11) is -2.95. The third-order valence-electron chi connectivity index (χ3n) is 3.69. The van der Waals surface area contributed by atoms with Crippen molar-refractivity contribution in [3.8, 4) is 0 Å². The molecule has 1 aliphatic heterocycles. The fourth-order valence-electron chi connectivity index (χ4n) is 2.37. The van der Waals surface area contributed by atoms with Crippen molar-refractivity contribution in [2.45, 2.75) is 25.5 Å². The lowest BCUT2D eigenvalue weighted by Gasteiger charge is -2.31. The molecule has 2 aromatic heterocycles. The van der Waals surface area contributed by atoms with Crippen LogP contribution in [0.2, 0.25) is 0 Å². The van der Waals surface area contributed by atoms with Gasteiger partial charge in [-0.1, -0.05) is 6.92 Å². The van der Waals surface area contributed by atoms with Gasteiger partial charge in [0.2, 0.25) is 0 Å². The SMILES string of the molecule is CCc1nnc2ccc(N3CCS(=O)(=O)C(C)C3)nn12. The van der Waals surface area contributed by atoms with Crippen LogP contribution in [-0.4, -0.2) is 52.3 Å². The number of aryl methyl sites for hydroxylation is 1. The standard InChI is InChI=1S/C12H17N5O2S/c1-3-10-13-14-11-4-5-12(15-17(10)11)16-6-7-20(18,19)9(2)8-16/h4-5,9H,3,6-8H2,1-2H3. The quantitative estimate of drug-likeness (QED) is 0.793. The van der Waals surface area contributed by atoms with Crippen LogP contribution >= 0.6 is 0 Å². The Labute approximate surface area is 117 Å². The first-order valence-electron chi connectivity index (χ1n) is 6.69. The molecule has 3 rings (SSSR count). The number of fused-ring (bicyclic) bond motifs is 1. The summed E-state index contributed by atoms with van der Waals surface area (Å²) in [5, 5.41) is 12.3. The zero-order chi connectivity index (χ0) is 14.3. The van der Waals surface area contributed by atoms with Gasteiger partial charge < -0.3 is 4.90 Å². The van der Waals surface area contributed by atoms with E-state index in [1.807, 2.05) is 24.0 Å². The van der Waals surface area contributed by atoms with E-state index in [2.05, 4.69) is 15.3 Å². The van der Waals surface area contributed by atoms with Crippen molar-refractivity contribution in [3.05, 3.63) is 18.0 Å². The van der Waals surface area contributed by atoms with Crippen LogP contribution < -0.4 is 4.90 Å². The molecular formula is C12H17N5O2S. The van der Waals surface area contributed by atoms with Crippen LogP contribution in [0.15, 0.2) is 12.1 Å². The Morgan fingerprint density at radius 3 is 2.85 bits per heavy atom. The Hall–Kier alpha value is -1.70. The first kappa shape index (κ1) is 13.3. The Morgan fingerprint density at radius 1 is 1.35 bits per heavy atom. The van der Waals surface area contributed by atoms with Gasteiger partial charge in [-0.3, -0.25) is 0 Å². The van der Waals surface area contributed by atoms with Crippen LogP contribution in [0.25, 0.3) is 5.65 Å². The molecule has 20 heavy (non-hydrogen) atoms. The lowest BCUT2D eigenvalue weighted by molar-refractivity contribution is 0.567. The third kappa shape index (κ3) is 2.13. The predicted molar refractivity (Wildman–Crippen MR) is 75.6 cm³/mol. The molecule has 0 saturated carbocycles. The minimum Gasteiger partial charge on any atom is -0.353 e. The van der Waals surface area contributed by atoms with Crippen LogP contribution in [0, 0.1) is 0 Å². The molecule has 1 aliphatic rings. The Bertz CT molecular complexity index is 739. The van der Waals surface area contributed by atoms with Gasteiger partial charge in [0, 0.05) is 19.5 Å². The highest BCUT2D eigenvalue weighted by molar-refractivity contribution is 7.92. The van der Waals surface area contributed by atoms with Gasteiger partial charge in [-0.2, -0.15) is 4.52 Å². The van der Waals surface area contributed by atoms with Crippen molar-refractivity contribution in [2.24, 2.45) is 0 Å². The number of hydrogen-bond acceptors (Lipinski definition) is 6. The van der Waals surface area contributed by atoms with Crippen molar-refractivity contribution in [1.82, 2.24) is 19.8 Å². The van der Waals surface area contributed by atoms with Gasteiger partial charge >= 0.3 is 0 Å². The molecule has 1 fully saturated rings. The van der Waals surface area contributed by atoms with E-state index < -0.39 is 9.84 Å². The van der Waals surface area contributed by atoms with E-state index in [0.29, 0.717) is 18.7 Å². The average molecular weight is 295 g/mol. The molecule has 0 amide bonds. The fraction of sp³-hybridized carbons (Fsp3) is 0.583. The largest absolute Gasteiger partial charge is 0.353 e. The summed E-state index contributed by atoms with van der Waals surface area (Å²) >= 11 is 0. The first-order chi connectivity index (χ1) is 9.51. The molecule has 1 unspecified atom stereocenters. The maximum Gasteiger partial charge on any atom is 0.178 e. The molecule has 0 aromatic carbocycles. The molecule has 0 N–H and O–H groups in total. The van der Waals surface area contributed by atoms with E-state index >= 15 is 0 Å². The highest BCUT2D eigenvalue weighted by Crippen LogP contribution is 2.19. The highest BCUT2D eigenvalue weighted by Gasteiger charge is 2.30. The van der Waals surface area contributed by atoms with E-state index in [4.69, 9.17) is 0 Å². The summed E-state index contributed by atoms with van der Waals surface area (Å²) < 4.78 is 25.2. The molecule has 8 heteroatoms. The van der Waals surface area contributed by atoms with E-state index in [1.165, 1.54) is 0 Å². The molecule has 0 spiro atoms. The minimum absolute atomic E-state index is 0.177. The molecule has 7 nitrogen and oxygen atoms in total. The fourth-order valence-corrected chi connectivity index (χ4v) is 3.66. The zero-order valence-corrected chi connectivity index (χ0v) is 12.3. The number of anilines is 1. The lowest BCUT2D eigenvalue weighted by atomic mass is 10.3. The van der Waals surface area contributed by atoms with Crippen molar-refractivity contribution in [3.63, 3.8) is 0 Å². The van der Waals surface area contributed by atoms with Crippen molar-refractivity contribution in [1.29, 1.82) is 0 Å². The molecule has 2 aromatic rings. The second-order valence-electron chi connectivity index (χ2n) is 5.05. The molecule has 3 heterocycles. The van der Waals surface area contributed by atoms with Crippen LogP contribution in [-0.2, 0) is 16.3 Å². The maximum absolute atomic E-state index is 11.8. The van der Waals surface area contributed by atoms with E-state index in [-0.39, 0.29) is 11.0 Å². The van der Waals surface area contributed by atoms with E-state index in [1.54, 1.807) is 11.4 Å². The first-order valence-corrected chi connectivity index (χ1v) is 8.40. The maximum atomic E-state index is 11.8. The van der Waals surface area contributed by atoms with Gasteiger partial charge in [-0.25, -0.2) is 8.42 Å². The summed E-state index contributed by atoms with van der Waals surface area (Å²) in [6.45, 7) is 4.70. The lowest BCUT2D eigenvalue weighted by Crippen LogP contribution is -2.46. The average Bonchev–Trinajstić information content (AvgIpc) is 2.84. The second kappa shape index (κ2) is 4.69. The molecule has 1 atom stereocenters. The number of aromatic nitrogens is 4. The third-order valence-corrected chi connectivity index (χ3v) is 5.82. The molecule has 0 aliphatic carbocycles. The monoisotopic (exact) mass is 295 g/mol. The zero-order valence-electron chi connectivity index (χ0n) is 11.5. The van der Waals surface area contributed by atoms with Crippen molar-refractivity contribution >= 4 is 21.3 Å². The Kier molecular flexibility index (Phi) is 3.12. The minimum atomic E-state index is -2.95. The number of nitrogens with zero attached hydrogens (tertiary/aromatic N) is 5. The predicted octanol–water partition coefficient (Wildman–Crippen LogP) is 0.310. The van der Waals surface area contributed by atoms with Gasteiger partial charge in [-0.15, -0.1) is 15.3 Å². The van der Waals surface area contributed by atoms with Gasteiger partial charge in [0.1, 0.15) is 5.82 Å². The van der Waals surface area contributed by atoms with E-state index in [0.717, 1.165) is 18.1 Å². The van der Waals surface area contributed by atoms with Gasteiger partial charge in [0.15, 0.2) is 21.3 Å². The number of hydrogen-bond donors (Lipinski definition) is 0. The summed E-state index contributed by atoms with van der Waals surface area (Å²) in [4.78, 5) is 2.00. The molecule has 1 saturated heterocycles. The van der Waals surface area contributed by atoms with Crippen molar-refractivity contribution < 1.29 is 8.42 Å². The molecule has 0 bridgehead atoms. The van der Waals surface area contributed by atoms with Crippen LogP contribution in [0.4, 0.5) is 5.82 Å². The van der Waals surface area contributed by atoms with Crippen molar-refractivity contribution in [2.75, 3.05) is 23.7 Å². The second-order valence-corrected chi connectivity index (χ2v) is 7.59. The smallest absolute Gasteiger partial charge is 0.178 e. The van der Waals surface area contributed by atoms with Gasteiger partial charge in [0.25, 0.3) is 0 Å². The number of sulfone groups is 1. The summed E-state index contributed by atoms with van der Waals surface area (Å²) in [6.07, 6.45) is 0.752. The summed E-state index contributed by atoms with van der Waals surface area (Å²) in [5.74, 6) is 1.75. The highest BCUT2D eigenvalue weighted by atomic mass is 32.2. The molecular weight excluding hydrogens is 278 g/mol. The van der Waals surface area contributed by atoms with Gasteiger partial charge in [-0.05, 0) is 19.1 Å². The summed E-state index contributed by atoms with van der Waals surface area (Å²) in [5.41, 5.74) is 0.711. The van der Waals surface area contributed by atoms with Crippen LogP contribution in [0.3, 0.4) is 0 Å². The van der Waals surface area contributed by atoms with E-state index in [9.17, 15) is 8.42 Å².